The molecule has 386 valence electrons. The predicted molar refractivity (Wildman–Crippen MR) is 259 cm³/mol. The first-order chi connectivity index (χ1) is 32.9. The summed E-state index contributed by atoms with van der Waals surface area (Å²) in [6, 6.07) is -1.13. The molecule has 0 aromatic heterocycles. The highest BCUT2D eigenvalue weighted by Gasteiger charge is 2.52. The van der Waals surface area contributed by atoms with Crippen LogP contribution in [0.3, 0.4) is 0 Å². The van der Waals surface area contributed by atoms with E-state index in [0.29, 0.717) is 81.3 Å². The number of piperidine rings is 1. The summed E-state index contributed by atoms with van der Waals surface area (Å²) >= 11 is 0. The summed E-state index contributed by atoms with van der Waals surface area (Å²) < 4.78 is 30.0. The Morgan fingerprint density at radius 1 is 0.913 bits per heavy atom. The van der Waals surface area contributed by atoms with E-state index in [1.807, 2.05) is 44.2 Å². The summed E-state index contributed by atoms with van der Waals surface area (Å²) in [6.45, 7) is 11.0. The molecule has 1 amide bonds. The van der Waals surface area contributed by atoms with E-state index in [1.165, 1.54) is 12.0 Å². The van der Waals surface area contributed by atoms with Crippen molar-refractivity contribution in [3.63, 3.8) is 0 Å². The molecule has 5 aliphatic rings. The number of nitrogens with one attached hydrogen (secondary N) is 2. The number of Topliss-reactive ketones (excluding diaryl/α,β-unsaturated/α-hetero) is 3. The smallest absolute Gasteiger partial charge is 0.329 e. The third-order valence-electron chi connectivity index (χ3n) is 15.4. The van der Waals surface area contributed by atoms with E-state index >= 15 is 0 Å². The molecule has 4 aliphatic heterocycles. The van der Waals surface area contributed by atoms with Crippen LogP contribution in [0.15, 0.2) is 52.7 Å². The monoisotopic (exact) mass is 968 g/mol. The van der Waals surface area contributed by atoms with Crippen LogP contribution in [0.5, 0.6) is 0 Å². The molecule has 4 heterocycles. The minimum atomic E-state index is -2.44. The zero-order valence-corrected chi connectivity index (χ0v) is 42.5. The highest BCUT2D eigenvalue weighted by molar-refractivity contribution is 6.39. The second-order valence-corrected chi connectivity index (χ2v) is 20.4. The van der Waals surface area contributed by atoms with E-state index in [9.17, 15) is 34.2 Å². The topological polar surface area (TPSA) is 218 Å². The molecule has 1 saturated carbocycles. The van der Waals surface area contributed by atoms with E-state index in [2.05, 4.69) is 23.0 Å². The molecule has 5 rings (SSSR count). The van der Waals surface area contributed by atoms with Crippen LogP contribution in [0.2, 0.25) is 0 Å². The molecule has 0 radical (unpaired) electrons. The molecule has 0 spiro atoms. The lowest BCUT2D eigenvalue weighted by molar-refractivity contribution is -0.927. The van der Waals surface area contributed by atoms with Crippen LogP contribution < -0.4 is 10.5 Å². The van der Waals surface area contributed by atoms with Gasteiger partial charge in [0, 0.05) is 64.9 Å². The number of methoxy groups -OCH3 is 3. The van der Waals surface area contributed by atoms with E-state index in [0.717, 1.165) is 18.4 Å². The minimum Gasteiger partial charge on any atom is -0.460 e. The predicted octanol–water partition coefficient (Wildman–Crippen LogP) is 5.11. The van der Waals surface area contributed by atoms with Crippen molar-refractivity contribution in [2.45, 2.75) is 192 Å². The molecular formula is C52H81N5O12. The molecule has 69 heavy (non-hydrogen) atoms. The maximum Gasteiger partial charge on any atom is 0.329 e. The molecule has 2 bridgehead atoms. The quantitative estimate of drug-likeness (QED) is 0.148. The number of cyclic esters (lactones) is 1. The number of esters is 1. The number of hydrogen-bond donors (Lipinski definition) is 4. The zero-order valence-electron chi connectivity index (χ0n) is 42.5. The summed E-state index contributed by atoms with van der Waals surface area (Å²) in [6.07, 6.45) is 15.6. The molecule has 4 N–H and O–H groups in total. The third kappa shape index (κ3) is 14.1. The van der Waals surface area contributed by atoms with Gasteiger partial charge in [0.25, 0.3) is 11.7 Å². The third-order valence-corrected chi connectivity index (χ3v) is 15.4. The molecule has 14 atom stereocenters. The van der Waals surface area contributed by atoms with Crippen LogP contribution in [0.4, 0.5) is 0 Å². The number of quaternary nitrogens is 1. The molecule has 7 unspecified atom stereocenters. The number of amides is 1. The lowest BCUT2D eigenvalue weighted by atomic mass is 9.73. The van der Waals surface area contributed by atoms with Crippen LogP contribution in [0.1, 0.15) is 138 Å². The Kier molecular flexibility index (Phi) is 21.1. The largest absolute Gasteiger partial charge is 0.460 e. The first-order valence-electron chi connectivity index (χ1n) is 25.2. The zero-order chi connectivity index (χ0) is 50.5. The normalized spacial score (nSPS) is 37.9. The van der Waals surface area contributed by atoms with Crippen LogP contribution in [0.25, 0.3) is 5.53 Å². The fourth-order valence-corrected chi connectivity index (χ4v) is 10.7. The van der Waals surface area contributed by atoms with Crippen LogP contribution >= 0.6 is 0 Å². The fraction of sp³-hybridized carbons (Fsp3) is 0.731. The molecule has 0 aromatic carbocycles. The number of ketones is 3. The van der Waals surface area contributed by atoms with Crippen molar-refractivity contribution in [3.05, 3.63) is 53.1 Å². The number of ether oxygens (including phenoxy) is 5. The fourth-order valence-electron chi connectivity index (χ4n) is 10.7. The number of allylic oxidation sites excluding steroid dienone is 6. The van der Waals surface area contributed by atoms with Crippen LogP contribution in [-0.2, 0) is 47.7 Å². The van der Waals surface area contributed by atoms with Crippen molar-refractivity contribution in [2.75, 3.05) is 27.9 Å². The molecule has 1 aliphatic carbocycles. The van der Waals surface area contributed by atoms with Gasteiger partial charge in [0.05, 0.1) is 12.2 Å². The highest BCUT2D eigenvalue weighted by atomic mass is 16.6. The van der Waals surface area contributed by atoms with Gasteiger partial charge in [-0.25, -0.2) is 4.79 Å². The van der Waals surface area contributed by atoms with Crippen molar-refractivity contribution in [1.82, 2.24) is 10.3 Å². The number of carbonyl (C=O) groups is 5. The Hall–Kier alpha value is -3.94. The van der Waals surface area contributed by atoms with E-state index < -0.39 is 83.3 Å². The molecule has 17 nitrogen and oxygen atoms in total. The summed E-state index contributed by atoms with van der Waals surface area (Å²) in [5.74, 6) is -7.51. The van der Waals surface area contributed by atoms with Gasteiger partial charge in [0.2, 0.25) is 5.79 Å². The average Bonchev–Trinajstić information content (AvgIpc) is 3.85. The van der Waals surface area contributed by atoms with Gasteiger partial charge in [-0.15, -0.1) is 0 Å². The first-order valence-corrected chi connectivity index (χ1v) is 25.2. The van der Waals surface area contributed by atoms with Crippen molar-refractivity contribution in [2.24, 2.45) is 28.8 Å². The van der Waals surface area contributed by atoms with Gasteiger partial charge in [-0.3, -0.25) is 24.3 Å². The Morgan fingerprint density at radius 3 is 2.38 bits per heavy atom. The van der Waals surface area contributed by atoms with E-state index in [1.54, 1.807) is 47.4 Å². The van der Waals surface area contributed by atoms with E-state index in [-0.39, 0.29) is 43.0 Å². The summed E-state index contributed by atoms with van der Waals surface area (Å²) in [5.41, 5.74) is 8.06. The first kappa shape index (κ1) is 56.0. The van der Waals surface area contributed by atoms with Gasteiger partial charge in [0.15, 0.2) is 5.78 Å². The molecule has 2 saturated heterocycles. The SMILES string of the molecule is COC1C(=O)[C@@H](C)CCC=CC=CC=C(C)[C@@H](OC)C[C@@H]2CCCC(C)C(O)(O2)C(=O)C(=O)N2CCCC[C@H]2C(=O)O[C@H](CCC2CCC(C)([NH+]3N=CN[N-]3)C(OC)C2)CC(=O)[C@H](C)C=C(C)[C@H]1O. The number of carbonyl (C=O) groups excluding carboxylic acids is 5. The number of rotatable bonds is 7. The molecule has 17 heteroatoms. The van der Waals surface area contributed by atoms with Gasteiger partial charge in [-0.05, 0) is 108 Å². The van der Waals surface area contributed by atoms with Gasteiger partial charge < -0.3 is 49.8 Å². The average molecular weight is 968 g/mol. The summed E-state index contributed by atoms with van der Waals surface area (Å²) in [5, 5.41) is 28.7. The molecule has 0 aromatic rings. The summed E-state index contributed by atoms with van der Waals surface area (Å²) in [7, 11) is 4.65. The number of aliphatic hydroxyl groups excluding tert-OH is 1. The van der Waals surface area contributed by atoms with Crippen molar-refractivity contribution in [1.29, 1.82) is 0 Å². The number of nitrogens with zero attached hydrogens (tertiary/aromatic N) is 3. The van der Waals surface area contributed by atoms with Crippen molar-refractivity contribution < 1.29 is 63.0 Å². The highest BCUT2D eigenvalue weighted by Crippen LogP contribution is 2.38. The van der Waals surface area contributed by atoms with E-state index in [4.69, 9.17) is 23.7 Å². The van der Waals surface area contributed by atoms with Crippen molar-refractivity contribution in [3.8, 4) is 0 Å². The number of fused-ring (bicyclic) bond motifs is 3. The number of hydrogen-bond acceptors (Lipinski definition) is 14. The lowest BCUT2D eigenvalue weighted by Gasteiger charge is -2.47. The second kappa shape index (κ2) is 26.0. The van der Waals surface area contributed by atoms with Gasteiger partial charge >= 0.3 is 5.97 Å². The number of aliphatic hydroxyl groups is 2. The minimum absolute atomic E-state index is 0.0948. The lowest BCUT2D eigenvalue weighted by Crippen LogP contribution is -3.13. The van der Waals surface area contributed by atoms with Gasteiger partial charge in [0.1, 0.15) is 48.1 Å². The van der Waals surface area contributed by atoms with Crippen LogP contribution in [0, 0.1) is 23.7 Å². The molecule has 3 fully saturated rings. The second-order valence-electron chi connectivity index (χ2n) is 20.4. The van der Waals surface area contributed by atoms with Gasteiger partial charge in [-0.2, -0.15) is 0 Å². The Labute approximate surface area is 409 Å². The van der Waals surface area contributed by atoms with Crippen molar-refractivity contribution >= 4 is 35.6 Å². The Morgan fingerprint density at radius 2 is 1.68 bits per heavy atom. The maximum absolute atomic E-state index is 14.4. The van der Waals surface area contributed by atoms with Gasteiger partial charge in [-0.1, -0.05) is 68.7 Å². The van der Waals surface area contributed by atoms with Crippen LogP contribution in [-0.4, -0.2) is 133 Å². The molecular weight excluding hydrogens is 887 g/mol. The summed E-state index contributed by atoms with van der Waals surface area (Å²) in [4.78, 5) is 72.2. The Balaban J connectivity index is 1.44. The Bertz CT molecular complexity index is 1940. The maximum atomic E-state index is 14.4. The standard InChI is InChI=1S/C52H81N5O12/c1-33-18-13-11-10-12-14-19-34(2)45(59)47(67-9)46(60)36(4)28-35(3)42(58)30-39(24-23-38-25-26-51(6,44(29-38)66-8)57-54-32-53-55-57)68-50(63)41-22-15-16-27-56(41)49(62)48(61)52(64)37(5)20-17-21-40(69-52)31-43(33)65-7/h10-13,18,28,32,34-35,37-41,43-44,46-47,57,60,64H,14-17,19-27,29-31H2,1-9H3,(H-,53,54,55,61,62)/t34-,35+,37?,38?,39+,40-,41-,43-,44?,46+,47?,51?,52?/m0/s1.